The van der Waals surface area contributed by atoms with Crippen LogP contribution in [0, 0.1) is 0 Å². The number of rotatable bonds is 4. The number of amides is 2. The number of hydrogen-bond donors (Lipinski definition) is 3. The molecule has 0 aliphatic rings. The molecule has 1 aromatic heterocycles. The van der Waals surface area contributed by atoms with Gasteiger partial charge in [-0.25, -0.2) is 4.79 Å². The predicted molar refractivity (Wildman–Crippen MR) is 77.1 cm³/mol. The summed E-state index contributed by atoms with van der Waals surface area (Å²) < 4.78 is 0. The molecule has 0 aliphatic heterocycles. The fraction of sp³-hybridized carbons (Fsp3) is 0.214. The molecule has 0 saturated heterocycles. The molecule has 1 aromatic carbocycles. The Morgan fingerprint density at radius 3 is 2.80 bits per heavy atom. The fourth-order valence-corrected chi connectivity index (χ4v) is 1.78. The number of aromatic amines is 1. The molecule has 0 unspecified atom stereocenters. The molecule has 0 aliphatic carbocycles. The number of aromatic nitrogens is 2. The Bertz CT molecular complexity index is 634. The van der Waals surface area contributed by atoms with Crippen molar-refractivity contribution in [1.82, 2.24) is 10.2 Å². The third-order valence-electron chi connectivity index (χ3n) is 2.86. The van der Waals surface area contributed by atoms with Crippen LogP contribution in [0.2, 0.25) is 0 Å². The molecule has 2 amide bonds. The lowest BCUT2D eigenvalue weighted by atomic mass is 10.1. The summed E-state index contributed by atoms with van der Waals surface area (Å²) in [6, 6.07) is 6.40. The number of urea groups is 1. The lowest BCUT2D eigenvalue weighted by Gasteiger charge is -2.08. The van der Waals surface area contributed by atoms with E-state index in [2.05, 4.69) is 20.8 Å². The number of benzene rings is 1. The number of Topliss-reactive ketones (excluding diaryl/α,β-unsaturated/α-hetero) is 1. The average molecular weight is 272 g/mol. The molecule has 0 fully saturated rings. The molecule has 0 atom stereocenters. The van der Waals surface area contributed by atoms with E-state index >= 15 is 0 Å². The van der Waals surface area contributed by atoms with E-state index in [0.717, 1.165) is 12.0 Å². The van der Waals surface area contributed by atoms with Crippen LogP contribution in [-0.2, 0) is 6.42 Å². The van der Waals surface area contributed by atoms with Crippen LogP contribution in [0.15, 0.2) is 30.5 Å². The highest BCUT2D eigenvalue weighted by Crippen LogP contribution is 2.14. The Labute approximate surface area is 116 Å². The highest BCUT2D eigenvalue weighted by atomic mass is 16.2. The normalized spacial score (nSPS) is 10.1. The first kappa shape index (κ1) is 13.8. The summed E-state index contributed by atoms with van der Waals surface area (Å²) in [4.78, 5) is 23.2. The Balaban J connectivity index is 2.05. The molecule has 6 heteroatoms. The van der Waals surface area contributed by atoms with Crippen molar-refractivity contribution in [2.45, 2.75) is 20.3 Å². The van der Waals surface area contributed by atoms with E-state index in [1.165, 1.54) is 6.92 Å². The lowest BCUT2D eigenvalue weighted by molar-refractivity contribution is 0.101. The van der Waals surface area contributed by atoms with Gasteiger partial charge in [0.1, 0.15) is 5.82 Å². The number of H-pyrrole nitrogens is 1. The largest absolute Gasteiger partial charge is 0.324 e. The van der Waals surface area contributed by atoms with Gasteiger partial charge in [-0.2, -0.15) is 5.10 Å². The zero-order chi connectivity index (χ0) is 14.5. The minimum atomic E-state index is -0.385. The molecule has 1 heterocycles. The van der Waals surface area contributed by atoms with Crippen molar-refractivity contribution in [2.75, 3.05) is 10.6 Å². The smallest absolute Gasteiger partial charge is 0.308 e. The fourth-order valence-electron chi connectivity index (χ4n) is 1.78. The Hall–Kier alpha value is -2.63. The topological polar surface area (TPSA) is 86.9 Å². The van der Waals surface area contributed by atoms with Gasteiger partial charge in [0.25, 0.3) is 0 Å². The summed E-state index contributed by atoms with van der Waals surface area (Å²) in [7, 11) is 0. The number of aryl methyl sites for hydroxylation is 1. The molecule has 6 nitrogen and oxygen atoms in total. The van der Waals surface area contributed by atoms with Gasteiger partial charge in [-0.15, -0.1) is 0 Å². The maximum atomic E-state index is 11.9. The quantitative estimate of drug-likeness (QED) is 0.748. The van der Waals surface area contributed by atoms with E-state index in [-0.39, 0.29) is 11.8 Å². The monoisotopic (exact) mass is 272 g/mol. The summed E-state index contributed by atoms with van der Waals surface area (Å²) >= 11 is 0. The van der Waals surface area contributed by atoms with Gasteiger partial charge in [-0.05, 0) is 25.5 Å². The molecule has 0 saturated carbocycles. The maximum absolute atomic E-state index is 11.9. The van der Waals surface area contributed by atoms with Crippen LogP contribution in [0.3, 0.4) is 0 Å². The van der Waals surface area contributed by atoms with Gasteiger partial charge in [0.2, 0.25) is 0 Å². The summed E-state index contributed by atoms with van der Waals surface area (Å²) in [5.41, 5.74) is 2.05. The van der Waals surface area contributed by atoms with E-state index in [9.17, 15) is 9.59 Å². The highest BCUT2D eigenvalue weighted by molar-refractivity contribution is 6.01. The van der Waals surface area contributed by atoms with Gasteiger partial charge in [-0.3, -0.25) is 15.2 Å². The second-order valence-corrected chi connectivity index (χ2v) is 4.34. The average Bonchev–Trinajstić information content (AvgIpc) is 2.86. The summed E-state index contributed by atoms with van der Waals surface area (Å²) in [6.07, 6.45) is 2.44. The molecule has 2 rings (SSSR count). The van der Waals surface area contributed by atoms with E-state index in [1.54, 1.807) is 30.5 Å². The second kappa shape index (κ2) is 6.01. The number of ketones is 1. The molecule has 0 radical (unpaired) electrons. The number of carbonyl (C=O) groups excluding carboxylic acids is 2. The minimum absolute atomic E-state index is 0.0455. The van der Waals surface area contributed by atoms with Crippen LogP contribution in [0.4, 0.5) is 16.3 Å². The first-order valence-electron chi connectivity index (χ1n) is 6.31. The highest BCUT2D eigenvalue weighted by Gasteiger charge is 2.08. The lowest BCUT2D eigenvalue weighted by Crippen LogP contribution is -2.20. The van der Waals surface area contributed by atoms with Crippen molar-refractivity contribution in [1.29, 1.82) is 0 Å². The number of carbonyl (C=O) groups is 2. The van der Waals surface area contributed by atoms with Crippen LogP contribution < -0.4 is 10.6 Å². The zero-order valence-corrected chi connectivity index (χ0v) is 11.4. The molecule has 0 spiro atoms. The molecular weight excluding hydrogens is 256 g/mol. The number of nitrogens with zero attached hydrogens (tertiary/aromatic N) is 1. The van der Waals surface area contributed by atoms with E-state index in [4.69, 9.17) is 0 Å². The Morgan fingerprint density at radius 2 is 2.10 bits per heavy atom. The second-order valence-electron chi connectivity index (χ2n) is 4.34. The van der Waals surface area contributed by atoms with Crippen molar-refractivity contribution in [3.8, 4) is 0 Å². The van der Waals surface area contributed by atoms with Gasteiger partial charge in [-0.1, -0.05) is 19.1 Å². The molecule has 3 N–H and O–H groups in total. The number of hydrogen-bond acceptors (Lipinski definition) is 3. The van der Waals surface area contributed by atoms with Crippen molar-refractivity contribution < 1.29 is 9.59 Å². The Morgan fingerprint density at radius 1 is 1.30 bits per heavy atom. The Kier molecular flexibility index (Phi) is 4.14. The summed E-state index contributed by atoms with van der Waals surface area (Å²) in [5.74, 6) is 0.531. The van der Waals surface area contributed by atoms with Gasteiger partial charge in [0, 0.05) is 16.8 Å². The number of nitrogens with one attached hydrogen (secondary N) is 3. The van der Waals surface area contributed by atoms with Crippen molar-refractivity contribution >= 4 is 23.3 Å². The summed E-state index contributed by atoms with van der Waals surface area (Å²) in [5, 5.41) is 12.0. The molecule has 20 heavy (non-hydrogen) atoms. The van der Waals surface area contributed by atoms with Gasteiger partial charge >= 0.3 is 6.03 Å². The van der Waals surface area contributed by atoms with Crippen LogP contribution in [0.5, 0.6) is 0 Å². The third-order valence-corrected chi connectivity index (χ3v) is 2.86. The van der Waals surface area contributed by atoms with Gasteiger partial charge in [0.15, 0.2) is 5.78 Å². The summed E-state index contributed by atoms with van der Waals surface area (Å²) in [6.45, 7) is 3.46. The SMILES string of the molecule is CCc1cn[nH]c1NC(=O)Nc1cccc(C(C)=O)c1. The third kappa shape index (κ3) is 3.23. The molecule has 0 bridgehead atoms. The first-order valence-corrected chi connectivity index (χ1v) is 6.31. The zero-order valence-electron chi connectivity index (χ0n) is 11.4. The van der Waals surface area contributed by atoms with Crippen LogP contribution in [0.1, 0.15) is 29.8 Å². The molecule has 2 aromatic rings. The van der Waals surface area contributed by atoms with E-state index < -0.39 is 0 Å². The van der Waals surface area contributed by atoms with E-state index in [0.29, 0.717) is 17.1 Å². The van der Waals surface area contributed by atoms with Crippen LogP contribution in [-0.4, -0.2) is 22.0 Å². The molecule has 104 valence electrons. The van der Waals surface area contributed by atoms with Crippen LogP contribution in [0.25, 0.3) is 0 Å². The van der Waals surface area contributed by atoms with Crippen molar-refractivity contribution in [2.24, 2.45) is 0 Å². The van der Waals surface area contributed by atoms with Crippen molar-refractivity contribution in [3.63, 3.8) is 0 Å². The van der Waals surface area contributed by atoms with Gasteiger partial charge < -0.3 is 5.32 Å². The standard InChI is InChI=1S/C14H16N4O2/c1-3-10-8-15-18-13(10)17-14(20)16-12-6-4-5-11(7-12)9(2)19/h4-8H,3H2,1-2H3,(H3,15,16,17,18,20). The maximum Gasteiger partial charge on any atom is 0.324 e. The minimum Gasteiger partial charge on any atom is -0.308 e. The number of anilines is 2. The predicted octanol–water partition coefficient (Wildman–Crippen LogP) is 2.82. The molecular formula is C14H16N4O2. The van der Waals surface area contributed by atoms with Gasteiger partial charge in [0.05, 0.1) is 6.20 Å². The van der Waals surface area contributed by atoms with Crippen LogP contribution >= 0.6 is 0 Å². The van der Waals surface area contributed by atoms with Crippen molar-refractivity contribution in [3.05, 3.63) is 41.6 Å². The van der Waals surface area contributed by atoms with E-state index in [1.807, 2.05) is 6.92 Å². The first-order chi connectivity index (χ1) is 9.60.